The third-order valence-electron chi connectivity index (χ3n) is 4.60. The number of nitrogens with one attached hydrogen (secondary N) is 2. The Kier molecular flexibility index (Phi) is 5.25. The van der Waals surface area contributed by atoms with Crippen molar-refractivity contribution in [1.82, 2.24) is 15.7 Å². The number of nitrogens with zero attached hydrogens (tertiary/aromatic N) is 1. The first kappa shape index (κ1) is 19.0. The van der Waals surface area contributed by atoms with Crippen LogP contribution in [-0.2, 0) is 11.3 Å². The lowest BCUT2D eigenvalue weighted by molar-refractivity contribution is -0.132. The van der Waals surface area contributed by atoms with E-state index in [4.69, 9.17) is 21.5 Å². The molecule has 0 saturated carbocycles. The highest BCUT2D eigenvalue weighted by atomic mass is 35.5. The van der Waals surface area contributed by atoms with Crippen LogP contribution in [0.1, 0.15) is 19.4 Å². The Morgan fingerprint density at radius 1 is 1.19 bits per heavy atom. The molecular weight excluding hydrogens is 370 g/mol. The van der Waals surface area contributed by atoms with Crippen LogP contribution < -0.4 is 15.5 Å². The lowest BCUT2D eigenvalue weighted by atomic mass is 9.94. The van der Waals surface area contributed by atoms with Crippen molar-refractivity contribution in [2.24, 2.45) is 0 Å². The monoisotopic (exact) mass is 389 g/mol. The Morgan fingerprint density at radius 3 is 2.30 bits per heavy atom. The lowest BCUT2D eigenvalue weighted by Crippen LogP contribution is -2.53. The van der Waals surface area contributed by atoms with Gasteiger partial charge < -0.3 is 15.0 Å². The van der Waals surface area contributed by atoms with Crippen LogP contribution in [0, 0.1) is 0 Å². The van der Waals surface area contributed by atoms with E-state index in [0.717, 1.165) is 5.56 Å². The van der Waals surface area contributed by atoms with Gasteiger partial charge in [-0.05, 0) is 55.8 Å². The van der Waals surface area contributed by atoms with E-state index >= 15 is 0 Å². The Morgan fingerprint density at radius 2 is 1.74 bits per heavy atom. The molecule has 0 aromatic heterocycles. The first-order chi connectivity index (χ1) is 12.8. The Hall–Kier alpha value is -2.77. The Balaban J connectivity index is 1.70. The third kappa shape index (κ3) is 3.99. The number of hydrogen-bond acceptors (Lipinski definition) is 4. The highest BCUT2D eigenvalue weighted by Gasteiger charge is 2.49. The molecule has 1 aliphatic heterocycles. The smallest absolute Gasteiger partial charge is 0.318 e. The molecule has 0 bridgehead atoms. The van der Waals surface area contributed by atoms with Crippen molar-refractivity contribution >= 4 is 23.5 Å². The SMILES string of the molecule is CC1(C)C(C(=O)NO)NC(=O)N1Cc1ccc(Oc2ccc(Cl)cc2)cc1. The van der Waals surface area contributed by atoms with Crippen molar-refractivity contribution in [2.75, 3.05) is 0 Å². The summed E-state index contributed by atoms with van der Waals surface area (Å²) in [5, 5.41) is 12.1. The summed E-state index contributed by atoms with van der Waals surface area (Å²) in [6.45, 7) is 3.85. The van der Waals surface area contributed by atoms with Crippen molar-refractivity contribution in [2.45, 2.75) is 32.0 Å². The molecular formula is C19H20ClN3O4. The largest absolute Gasteiger partial charge is 0.457 e. The minimum Gasteiger partial charge on any atom is -0.457 e. The maximum atomic E-state index is 12.3. The van der Waals surface area contributed by atoms with Crippen molar-refractivity contribution in [3.63, 3.8) is 0 Å². The number of benzene rings is 2. The quantitative estimate of drug-likeness (QED) is 0.540. The van der Waals surface area contributed by atoms with Gasteiger partial charge in [0.05, 0.1) is 5.54 Å². The topological polar surface area (TPSA) is 90.9 Å². The van der Waals surface area contributed by atoms with Gasteiger partial charge in [-0.1, -0.05) is 23.7 Å². The van der Waals surface area contributed by atoms with Crippen LogP contribution in [0.4, 0.5) is 4.79 Å². The zero-order chi connectivity index (χ0) is 19.6. The predicted octanol–water partition coefficient (Wildman–Crippen LogP) is 3.31. The molecule has 1 aliphatic rings. The predicted molar refractivity (Wildman–Crippen MR) is 99.8 cm³/mol. The number of hydrogen-bond donors (Lipinski definition) is 3. The molecule has 3 N–H and O–H groups in total. The van der Waals surface area contributed by atoms with Crippen molar-refractivity contribution in [1.29, 1.82) is 0 Å². The number of amides is 3. The van der Waals surface area contributed by atoms with Crippen molar-refractivity contribution in [3.8, 4) is 11.5 Å². The van der Waals surface area contributed by atoms with E-state index in [1.54, 1.807) is 48.5 Å². The number of carbonyl (C=O) groups excluding carboxylic acids is 2. The number of rotatable bonds is 5. The summed E-state index contributed by atoms with van der Waals surface area (Å²) in [5.74, 6) is 0.677. The molecule has 142 valence electrons. The van der Waals surface area contributed by atoms with E-state index in [0.29, 0.717) is 23.1 Å². The molecule has 7 nitrogen and oxygen atoms in total. The average molecular weight is 390 g/mol. The molecule has 2 aromatic rings. The highest BCUT2D eigenvalue weighted by Crippen LogP contribution is 2.29. The molecule has 0 radical (unpaired) electrons. The maximum absolute atomic E-state index is 12.3. The Labute approximate surface area is 161 Å². The van der Waals surface area contributed by atoms with E-state index in [1.807, 2.05) is 24.3 Å². The van der Waals surface area contributed by atoms with Gasteiger partial charge in [0, 0.05) is 11.6 Å². The molecule has 2 aromatic carbocycles. The number of halogens is 1. The van der Waals surface area contributed by atoms with Crippen LogP contribution in [0.25, 0.3) is 0 Å². The minimum atomic E-state index is -0.845. The summed E-state index contributed by atoms with van der Waals surface area (Å²) in [6.07, 6.45) is 0. The normalized spacial score (nSPS) is 18.1. The second-order valence-electron chi connectivity index (χ2n) is 6.80. The molecule has 1 fully saturated rings. The highest BCUT2D eigenvalue weighted by molar-refractivity contribution is 6.30. The van der Waals surface area contributed by atoms with Gasteiger partial charge in [-0.15, -0.1) is 0 Å². The molecule has 1 saturated heterocycles. The molecule has 0 spiro atoms. The first-order valence-electron chi connectivity index (χ1n) is 8.35. The van der Waals surface area contributed by atoms with Crippen LogP contribution in [0.5, 0.6) is 11.5 Å². The van der Waals surface area contributed by atoms with Gasteiger partial charge in [-0.25, -0.2) is 10.3 Å². The van der Waals surface area contributed by atoms with Crippen LogP contribution in [0.2, 0.25) is 5.02 Å². The van der Waals surface area contributed by atoms with Crippen LogP contribution in [0.3, 0.4) is 0 Å². The zero-order valence-electron chi connectivity index (χ0n) is 14.9. The standard InChI is InChI=1S/C19H20ClN3O4/c1-19(2)16(17(24)22-26)21-18(25)23(19)11-12-3-7-14(8-4-12)27-15-9-5-13(20)6-10-15/h3-10,16,26H,11H2,1-2H3,(H,21,25)(H,22,24). The van der Waals surface area contributed by atoms with E-state index in [9.17, 15) is 9.59 Å². The third-order valence-corrected chi connectivity index (χ3v) is 4.85. The molecule has 8 heteroatoms. The van der Waals surface area contributed by atoms with Gasteiger partial charge in [0.1, 0.15) is 17.5 Å². The second-order valence-corrected chi connectivity index (χ2v) is 7.23. The molecule has 1 unspecified atom stereocenters. The van der Waals surface area contributed by atoms with Crippen molar-refractivity contribution in [3.05, 3.63) is 59.1 Å². The molecule has 27 heavy (non-hydrogen) atoms. The number of urea groups is 1. The van der Waals surface area contributed by atoms with Gasteiger partial charge in [-0.2, -0.15) is 0 Å². The summed E-state index contributed by atoms with van der Waals surface area (Å²) in [7, 11) is 0. The number of ether oxygens (including phenoxy) is 1. The molecule has 3 rings (SSSR count). The van der Waals surface area contributed by atoms with E-state index < -0.39 is 17.5 Å². The van der Waals surface area contributed by atoms with Gasteiger partial charge in [0.15, 0.2) is 0 Å². The zero-order valence-corrected chi connectivity index (χ0v) is 15.7. The first-order valence-corrected chi connectivity index (χ1v) is 8.73. The van der Waals surface area contributed by atoms with Gasteiger partial charge in [-0.3, -0.25) is 10.0 Å². The van der Waals surface area contributed by atoms with E-state index in [2.05, 4.69) is 5.32 Å². The lowest BCUT2D eigenvalue weighted by Gasteiger charge is -2.33. The fraction of sp³-hybridized carbons (Fsp3) is 0.263. The average Bonchev–Trinajstić information content (AvgIpc) is 2.87. The summed E-state index contributed by atoms with van der Waals surface area (Å²) < 4.78 is 5.75. The number of carbonyl (C=O) groups is 2. The van der Waals surface area contributed by atoms with Gasteiger partial charge in [0.25, 0.3) is 5.91 Å². The fourth-order valence-electron chi connectivity index (χ4n) is 3.01. The maximum Gasteiger partial charge on any atom is 0.318 e. The second kappa shape index (κ2) is 7.46. The van der Waals surface area contributed by atoms with Crippen LogP contribution >= 0.6 is 11.6 Å². The minimum absolute atomic E-state index is 0.315. The van der Waals surface area contributed by atoms with Crippen LogP contribution in [-0.4, -0.2) is 33.6 Å². The molecule has 0 aliphatic carbocycles. The van der Waals surface area contributed by atoms with Gasteiger partial charge in [0.2, 0.25) is 0 Å². The summed E-state index contributed by atoms with van der Waals surface area (Å²) in [6, 6.07) is 13.2. The van der Waals surface area contributed by atoms with E-state index in [-0.39, 0.29) is 6.03 Å². The summed E-state index contributed by atoms with van der Waals surface area (Å²) >= 11 is 5.86. The van der Waals surface area contributed by atoms with Crippen molar-refractivity contribution < 1.29 is 19.5 Å². The van der Waals surface area contributed by atoms with Crippen LogP contribution in [0.15, 0.2) is 48.5 Å². The molecule has 1 atom stereocenters. The molecule has 1 heterocycles. The Bertz CT molecular complexity index is 837. The summed E-state index contributed by atoms with van der Waals surface area (Å²) in [4.78, 5) is 25.6. The van der Waals surface area contributed by atoms with E-state index in [1.165, 1.54) is 0 Å². The summed E-state index contributed by atoms with van der Waals surface area (Å²) in [5.41, 5.74) is 1.67. The fourth-order valence-corrected chi connectivity index (χ4v) is 3.13. The van der Waals surface area contributed by atoms with Gasteiger partial charge >= 0.3 is 6.03 Å². The molecule has 3 amide bonds. The number of hydroxylamine groups is 1.